The molecule has 116 valence electrons. The summed E-state index contributed by atoms with van der Waals surface area (Å²) in [6.45, 7) is 5.97. The van der Waals surface area contributed by atoms with Crippen LogP contribution in [0.4, 0.5) is 5.69 Å². The normalized spacial score (nSPS) is 13.1. The highest BCUT2D eigenvalue weighted by Gasteiger charge is 2.16. The van der Waals surface area contributed by atoms with Gasteiger partial charge in [0, 0.05) is 18.3 Å². The molecule has 1 aromatic rings. The Labute approximate surface area is 125 Å². The number of amides is 2. The second kappa shape index (κ2) is 8.26. The number of hydrogen-bond acceptors (Lipinski definition) is 4. The summed E-state index contributed by atoms with van der Waals surface area (Å²) < 4.78 is 5.32. The summed E-state index contributed by atoms with van der Waals surface area (Å²) in [5.41, 5.74) is 6.35. The highest BCUT2D eigenvalue weighted by Crippen LogP contribution is 2.16. The Morgan fingerprint density at radius 1 is 1.24 bits per heavy atom. The first-order valence-corrected chi connectivity index (χ1v) is 7.00. The van der Waals surface area contributed by atoms with E-state index in [1.165, 1.54) is 0 Å². The van der Waals surface area contributed by atoms with Crippen LogP contribution in [-0.4, -0.2) is 31.0 Å². The molecule has 0 aliphatic heterocycles. The van der Waals surface area contributed by atoms with Crippen molar-refractivity contribution in [3.05, 3.63) is 24.3 Å². The van der Waals surface area contributed by atoms with E-state index in [0.29, 0.717) is 18.0 Å². The van der Waals surface area contributed by atoms with Gasteiger partial charge in [-0.25, -0.2) is 0 Å². The fraction of sp³-hybridized carbons (Fsp3) is 0.467. The van der Waals surface area contributed by atoms with Gasteiger partial charge >= 0.3 is 0 Å². The zero-order valence-corrected chi connectivity index (χ0v) is 12.7. The van der Waals surface area contributed by atoms with Crippen LogP contribution in [0, 0.1) is 5.92 Å². The maximum absolute atomic E-state index is 11.9. The number of ether oxygens (including phenoxy) is 1. The first kappa shape index (κ1) is 17.0. The molecule has 0 aliphatic carbocycles. The number of rotatable bonds is 7. The largest absolute Gasteiger partial charge is 0.484 e. The predicted molar refractivity (Wildman–Crippen MR) is 82.1 cm³/mol. The summed E-state index contributed by atoms with van der Waals surface area (Å²) in [6.07, 6.45) is 0. The van der Waals surface area contributed by atoms with Crippen LogP contribution in [0.3, 0.4) is 0 Å². The number of carbonyl (C=O) groups is 2. The van der Waals surface area contributed by atoms with Crippen LogP contribution in [0.25, 0.3) is 0 Å². The van der Waals surface area contributed by atoms with E-state index in [9.17, 15) is 9.59 Å². The molecule has 2 atom stereocenters. The first-order valence-electron chi connectivity index (χ1n) is 7.00. The molecular weight excluding hydrogens is 270 g/mol. The van der Waals surface area contributed by atoms with Crippen molar-refractivity contribution in [1.82, 2.24) is 5.32 Å². The predicted octanol–water partition coefficient (Wildman–Crippen LogP) is 1.12. The van der Waals surface area contributed by atoms with Crippen molar-refractivity contribution in [2.45, 2.75) is 26.8 Å². The van der Waals surface area contributed by atoms with Crippen molar-refractivity contribution >= 4 is 17.5 Å². The minimum absolute atomic E-state index is 0.0265. The monoisotopic (exact) mass is 293 g/mol. The van der Waals surface area contributed by atoms with Gasteiger partial charge in [0.2, 0.25) is 5.91 Å². The Hall–Kier alpha value is -2.08. The van der Waals surface area contributed by atoms with Gasteiger partial charge in [-0.15, -0.1) is 0 Å². The van der Waals surface area contributed by atoms with Crippen molar-refractivity contribution in [2.24, 2.45) is 11.7 Å². The van der Waals surface area contributed by atoms with E-state index in [1.807, 2.05) is 6.92 Å². The molecule has 0 radical (unpaired) electrons. The number of hydrogen-bond donors (Lipinski definition) is 3. The number of benzene rings is 1. The molecule has 2 unspecified atom stereocenters. The third-order valence-corrected chi connectivity index (χ3v) is 3.07. The van der Waals surface area contributed by atoms with Crippen LogP contribution in [0.15, 0.2) is 24.3 Å². The van der Waals surface area contributed by atoms with Gasteiger partial charge in [0.05, 0.1) is 5.92 Å². The van der Waals surface area contributed by atoms with E-state index in [1.54, 1.807) is 38.1 Å². The highest BCUT2D eigenvalue weighted by molar-refractivity contribution is 5.92. The zero-order chi connectivity index (χ0) is 15.8. The second-order valence-corrected chi connectivity index (χ2v) is 4.90. The SMILES string of the molecule is CCNC(=O)COc1ccc(NC(=O)C(C)C(C)N)cc1. The minimum Gasteiger partial charge on any atom is -0.484 e. The third-order valence-electron chi connectivity index (χ3n) is 3.07. The molecule has 0 aromatic heterocycles. The fourth-order valence-electron chi connectivity index (χ4n) is 1.53. The van der Waals surface area contributed by atoms with Crippen LogP contribution in [0.2, 0.25) is 0 Å². The summed E-state index contributed by atoms with van der Waals surface area (Å²) in [5.74, 6) is 0.0137. The average Bonchev–Trinajstić information content (AvgIpc) is 2.45. The van der Waals surface area contributed by atoms with Crippen molar-refractivity contribution in [3.8, 4) is 5.75 Å². The summed E-state index contributed by atoms with van der Waals surface area (Å²) in [6, 6.07) is 6.64. The fourth-order valence-corrected chi connectivity index (χ4v) is 1.53. The molecule has 1 rings (SSSR count). The lowest BCUT2D eigenvalue weighted by Gasteiger charge is -2.15. The lowest BCUT2D eigenvalue weighted by atomic mass is 10.0. The van der Waals surface area contributed by atoms with E-state index in [2.05, 4.69) is 10.6 Å². The van der Waals surface area contributed by atoms with Gasteiger partial charge in [-0.1, -0.05) is 6.92 Å². The number of likely N-dealkylation sites (N-methyl/N-ethyl adjacent to an activating group) is 1. The van der Waals surface area contributed by atoms with Gasteiger partial charge < -0.3 is 21.1 Å². The molecule has 21 heavy (non-hydrogen) atoms. The topological polar surface area (TPSA) is 93.5 Å². The Morgan fingerprint density at radius 2 is 1.86 bits per heavy atom. The van der Waals surface area contributed by atoms with Crippen molar-refractivity contribution in [2.75, 3.05) is 18.5 Å². The molecule has 0 bridgehead atoms. The molecule has 0 heterocycles. The minimum atomic E-state index is -0.265. The molecule has 0 spiro atoms. The lowest BCUT2D eigenvalue weighted by Crippen LogP contribution is -2.34. The molecule has 4 N–H and O–H groups in total. The molecule has 1 aromatic carbocycles. The van der Waals surface area contributed by atoms with Crippen molar-refractivity contribution in [3.63, 3.8) is 0 Å². The van der Waals surface area contributed by atoms with Crippen LogP contribution in [0.5, 0.6) is 5.75 Å². The summed E-state index contributed by atoms with van der Waals surface area (Å²) >= 11 is 0. The quantitative estimate of drug-likeness (QED) is 0.702. The zero-order valence-electron chi connectivity index (χ0n) is 12.7. The molecule has 0 saturated heterocycles. The third kappa shape index (κ3) is 5.83. The number of anilines is 1. The van der Waals surface area contributed by atoms with E-state index in [0.717, 1.165) is 0 Å². The standard InChI is InChI=1S/C15H23N3O3/c1-4-17-14(19)9-21-13-7-5-12(6-8-13)18-15(20)10(2)11(3)16/h5-8,10-11H,4,9,16H2,1-3H3,(H,17,19)(H,18,20). The van der Waals surface area contributed by atoms with Gasteiger partial charge in [-0.3, -0.25) is 9.59 Å². The molecule has 2 amide bonds. The van der Waals surface area contributed by atoms with E-state index >= 15 is 0 Å². The first-order chi connectivity index (χ1) is 9.93. The molecule has 6 heteroatoms. The maximum atomic E-state index is 11.9. The Bertz CT molecular complexity index is 472. The maximum Gasteiger partial charge on any atom is 0.257 e. The number of nitrogens with two attached hydrogens (primary N) is 1. The second-order valence-electron chi connectivity index (χ2n) is 4.90. The smallest absolute Gasteiger partial charge is 0.257 e. The van der Waals surface area contributed by atoms with Gasteiger partial charge in [-0.05, 0) is 38.1 Å². The van der Waals surface area contributed by atoms with Crippen LogP contribution < -0.4 is 21.1 Å². The van der Waals surface area contributed by atoms with Gasteiger partial charge in [0.1, 0.15) is 5.75 Å². The Morgan fingerprint density at radius 3 is 2.38 bits per heavy atom. The van der Waals surface area contributed by atoms with Crippen molar-refractivity contribution < 1.29 is 14.3 Å². The highest BCUT2D eigenvalue weighted by atomic mass is 16.5. The Balaban J connectivity index is 2.50. The van der Waals surface area contributed by atoms with Crippen LogP contribution in [-0.2, 0) is 9.59 Å². The van der Waals surface area contributed by atoms with E-state index in [4.69, 9.17) is 10.5 Å². The van der Waals surface area contributed by atoms with E-state index in [-0.39, 0.29) is 30.4 Å². The average molecular weight is 293 g/mol. The van der Waals surface area contributed by atoms with Gasteiger partial charge in [0.15, 0.2) is 6.61 Å². The van der Waals surface area contributed by atoms with E-state index < -0.39 is 0 Å². The summed E-state index contributed by atoms with van der Waals surface area (Å²) in [5, 5.41) is 5.43. The lowest BCUT2D eigenvalue weighted by molar-refractivity contribution is -0.123. The van der Waals surface area contributed by atoms with Gasteiger partial charge in [-0.2, -0.15) is 0 Å². The molecule has 6 nitrogen and oxygen atoms in total. The molecule has 0 fully saturated rings. The van der Waals surface area contributed by atoms with Crippen LogP contribution >= 0.6 is 0 Å². The van der Waals surface area contributed by atoms with Crippen LogP contribution in [0.1, 0.15) is 20.8 Å². The molecular formula is C15H23N3O3. The van der Waals surface area contributed by atoms with Gasteiger partial charge in [0.25, 0.3) is 5.91 Å². The summed E-state index contributed by atoms with van der Waals surface area (Å²) in [4.78, 5) is 23.1. The number of nitrogens with one attached hydrogen (secondary N) is 2. The molecule has 0 aliphatic rings. The summed E-state index contributed by atoms with van der Waals surface area (Å²) in [7, 11) is 0. The number of carbonyl (C=O) groups excluding carboxylic acids is 2. The molecule has 0 saturated carbocycles. The van der Waals surface area contributed by atoms with Crippen molar-refractivity contribution in [1.29, 1.82) is 0 Å². The Kier molecular flexibility index (Phi) is 6.68.